The minimum absolute atomic E-state index is 0.686. The van der Waals surface area contributed by atoms with Crippen molar-refractivity contribution < 1.29 is 9.47 Å². The second kappa shape index (κ2) is 6.28. The molecule has 0 fully saturated rings. The molecule has 0 amide bonds. The number of rotatable bonds is 4. The van der Waals surface area contributed by atoms with E-state index in [1.54, 1.807) is 18.7 Å². The Morgan fingerprint density at radius 3 is 2.36 bits per heavy atom. The van der Waals surface area contributed by atoms with Gasteiger partial charge in [-0.25, -0.2) is 9.50 Å². The number of fused-ring (bicyclic) bond motifs is 1. The van der Waals surface area contributed by atoms with Crippen LogP contribution in [0.5, 0.6) is 11.5 Å². The third-order valence-electron chi connectivity index (χ3n) is 4.16. The Kier molecular flexibility index (Phi) is 3.82. The number of nitrogens with zero attached hydrogens (tertiary/aromatic N) is 3. The molecule has 124 valence electrons. The lowest BCUT2D eigenvalue weighted by molar-refractivity contribution is 0.355. The average Bonchev–Trinajstić information content (AvgIpc) is 3.11. The highest BCUT2D eigenvalue weighted by Crippen LogP contribution is 2.32. The van der Waals surface area contributed by atoms with Crippen molar-refractivity contribution in [3.05, 3.63) is 67.1 Å². The van der Waals surface area contributed by atoms with Crippen molar-refractivity contribution in [2.45, 2.75) is 0 Å². The van der Waals surface area contributed by atoms with Crippen LogP contribution in [0.15, 0.2) is 67.1 Å². The van der Waals surface area contributed by atoms with Crippen LogP contribution in [0.3, 0.4) is 0 Å². The molecule has 0 saturated heterocycles. The zero-order valence-electron chi connectivity index (χ0n) is 14.0. The van der Waals surface area contributed by atoms with E-state index in [1.807, 2.05) is 55.0 Å². The van der Waals surface area contributed by atoms with E-state index >= 15 is 0 Å². The minimum Gasteiger partial charge on any atom is -0.493 e. The number of aromatic nitrogens is 3. The maximum absolute atomic E-state index is 5.38. The molecule has 4 rings (SSSR count). The van der Waals surface area contributed by atoms with Crippen LogP contribution in [0.2, 0.25) is 0 Å². The van der Waals surface area contributed by atoms with E-state index in [-0.39, 0.29) is 0 Å². The molecule has 0 unspecified atom stereocenters. The summed E-state index contributed by atoms with van der Waals surface area (Å²) < 4.78 is 12.5. The molecule has 5 heteroatoms. The van der Waals surface area contributed by atoms with E-state index in [0.717, 1.165) is 27.9 Å². The summed E-state index contributed by atoms with van der Waals surface area (Å²) in [5, 5.41) is 4.46. The number of ether oxygens (including phenoxy) is 2. The van der Waals surface area contributed by atoms with Gasteiger partial charge in [0.15, 0.2) is 17.1 Å². The molecule has 2 aromatic carbocycles. The summed E-state index contributed by atoms with van der Waals surface area (Å²) in [4.78, 5) is 4.62. The van der Waals surface area contributed by atoms with E-state index in [9.17, 15) is 0 Å². The monoisotopic (exact) mass is 331 g/mol. The van der Waals surface area contributed by atoms with Gasteiger partial charge in [0, 0.05) is 23.5 Å². The van der Waals surface area contributed by atoms with Crippen LogP contribution >= 0.6 is 0 Å². The van der Waals surface area contributed by atoms with Crippen LogP contribution in [0, 0.1) is 0 Å². The summed E-state index contributed by atoms with van der Waals surface area (Å²) in [5.74, 6) is 1.39. The quantitative estimate of drug-likeness (QED) is 0.565. The van der Waals surface area contributed by atoms with Crippen LogP contribution < -0.4 is 9.47 Å². The molecule has 0 atom stereocenters. The molecule has 0 aliphatic rings. The number of methoxy groups -OCH3 is 2. The number of hydrogen-bond donors (Lipinski definition) is 0. The summed E-state index contributed by atoms with van der Waals surface area (Å²) in [6.07, 6.45) is 5.66. The fourth-order valence-electron chi connectivity index (χ4n) is 2.86. The van der Waals surface area contributed by atoms with Crippen molar-refractivity contribution >= 4 is 5.65 Å². The third kappa shape index (κ3) is 2.70. The second-order valence-electron chi connectivity index (χ2n) is 5.60. The predicted molar refractivity (Wildman–Crippen MR) is 97.0 cm³/mol. The fourth-order valence-corrected chi connectivity index (χ4v) is 2.86. The lowest BCUT2D eigenvalue weighted by atomic mass is 10.1. The normalized spacial score (nSPS) is 10.8. The summed E-state index contributed by atoms with van der Waals surface area (Å²) in [6.45, 7) is 0. The smallest absolute Gasteiger partial charge is 0.162 e. The maximum atomic E-state index is 5.38. The Labute approximate surface area is 145 Å². The van der Waals surface area contributed by atoms with Gasteiger partial charge in [-0.15, -0.1) is 0 Å². The second-order valence-corrected chi connectivity index (χ2v) is 5.60. The summed E-state index contributed by atoms with van der Waals surface area (Å²) in [5.41, 5.74) is 4.89. The molecule has 5 nitrogen and oxygen atoms in total. The van der Waals surface area contributed by atoms with Crippen molar-refractivity contribution in [1.29, 1.82) is 0 Å². The van der Waals surface area contributed by atoms with Crippen LogP contribution in [0.4, 0.5) is 0 Å². The third-order valence-corrected chi connectivity index (χ3v) is 4.16. The van der Waals surface area contributed by atoms with E-state index in [4.69, 9.17) is 9.47 Å². The largest absolute Gasteiger partial charge is 0.493 e. The molecule has 25 heavy (non-hydrogen) atoms. The molecule has 0 aliphatic carbocycles. The molecule has 0 aliphatic heterocycles. The van der Waals surface area contributed by atoms with Gasteiger partial charge in [0.1, 0.15) is 0 Å². The van der Waals surface area contributed by atoms with E-state index < -0.39 is 0 Å². The molecule has 0 N–H and O–H groups in total. The topological polar surface area (TPSA) is 48.7 Å². The predicted octanol–water partition coefficient (Wildman–Crippen LogP) is 4.08. The van der Waals surface area contributed by atoms with E-state index in [0.29, 0.717) is 11.5 Å². The SMILES string of the molecule is COc1ccc(-c2cnc3c(-c4ccccc4)cnn3c2)cc1OC. The summed E-state index contributed by atoms with van der Waals surface area (Å²) in [6, 6.07) is 15.9. The van der Waals surface area contributed by atoms with Crippen molar-refractivity contribution in [3.8, 4) is 33.8 Å². The molecular formula is C20H17N3O2. The molecule has 0 spiro atoms. The highest BCUT2D eigenvalue weighted by molar-refractivity contribution is 5.78. The molecule has 2 heterocycles. The Morgan fingerprint density at radius 2 is 1.60 bits per heavy atom. The van der Waals surface area contributed by atoms with Gasteiger partial charge >= 0.3 is 0 Å². The highest BCUT2D eigenvalue weighted by atomic mass is 16.5. The lowest BCUT2D eigenvalue weighted by Gasteiger charge is -2.09. The van der Waals surface area contributed by atoms with Gasteiger partial charge in [-0.05, 0) is 23.3 Å². The Morgan fingerprint density at radius 1 is 0.800 bits per heavy atom. The van der Waals surface area contributed by atoms with Gasteiger partial charge in [0.05, 0.1) is 20.4 Å². The van der Waals surface area contributed by atoms with Gasteiger partial charge in [0.25, 0.3) is 0 Å². The molecule has 0 radical (unpaired) electrons. The van der Waals surface area contributed by atoms with E-state index in [2.05, 4.69) is 22.2 Å². The van der Waals surface area contributed by atoms with Crippen molar-refractivity contribution in [2.75, 3.05) is 14.2 Å². The standard InChI is InChI=1S/C20H17N3O2/c1-24-18-9-8-15(10-19(18)25-2)16-11-21-20-17(12-22-23(20)13-16)14-6-4-3-5-7-14/h3-13H,1-2H3. The first-order chi connectivity index (χ1) is 12.3. The van der Waals surface area contributed by atoms with Crippen molar-refractivity contribution in [1.82, 2.24) is 14.6 Å². The molecule has 4 aromatic rings. The molecular weight excluding hydrogens is 314 g/mol. The zero-order valence-corrected chi connectivity index (χ0v) is 14.0. The minimum atomic E-state index is 0.686. The van der Waals surface area contributed by atoms with Crippen LogP contribution in [-0.4, -0.2) is 28.8 Å². The first-order valence-corrected chi connectivity index (χ1v) is 7.91. The van der Waals surface area contributed by atoms with Crippen LogP contribution in [-0.2, 0) is 0 Å². The summed E-state index contributed by atoms with van der Waals surface area (Å²) in [7, 11) is 3.25. The van der Waals surface area contributed by atoms with Gasteiger partial charge < -0.3 is 9.47 Å². The average molecular weight is 331 g/mol. The Bertz CT molecular complexity index is 1030. The van der Waals surface area contributed by atoms with E-state index in [1.165, 1.54) is 0 Å². The van der Waals surface area contributed by atoms with Gasteiger partial charge in [-0.2, -0.15) is 5.10 Å². The highest BCUT2D eigenvalue weighted by Gasteiger charge is 2.11. The fraction of sp³-hybridized carbons (Fsp3) is 0.100. The number of benzene rings is 2. The lowest BCUT2D eigenvalue weighted by Crippen LogP contribution is -1.94. The Balaban J connectivity index is 1.78. The Hall–Kier alpha value is -3.34. The van der Waals surface area contributed by atoms with Crippen LogP contribution in [0.1, 0.15) is 0 Å². The molecule has 0 saturated carbocycles. The van der Waals surface area contributed by atoms with Gasteiger partial charge in [0.2, 0.25) is 0 Å². The maximum Gasteiger partial charge on any atom is 0.162 e. The van der Waals surface area contributed by atoms with Crippen LogP contribution in [0.25, 0.3) is 27.9 Å². The first-order valence-electron chi connectivity index (χ1n) is 7.91. The first kappa shape index (κ1) is 15.2. The molecule has 0 bridgehead atoms. The number of hydrogen-bond acceptors (Lipinski definition) is 4. The van der Waals surface area contributed by atoms with Crippen molar-refractivity contribution in [3.63, 3.8) is 0 Å². The van der Waals surface area contributed by atoms with Crippen molar-refractivity contribution in [2.24, 2.45) is 0 Å². The van der Waals surface area contributed by atoms with Gasteiger partial charge in [-0.1, -0.05) is 36.4 Å². The zero-order chi connectivity index (χ0) is 17.2. The summed E-state index contributed by atoms with van der Waals surface area (Å²) >= 11 is 0. The van der Waals surface area contributed by atoms with Gasteiger partial charge in [-0.3, -0.25) is 0 Å². The molecule has 2 aromatic heterocycles.